The fourth-order valence-electron chi connectivity index (χ4n) is 2.62. The minimum Gasteiger partial charge on any atom is -0.386 e. The molecule has 11 nitrogen and oxygen atoms in total. The summed E-state index contributed by atoms with van der Waals surface area (Å²) in [6.07, 6.45) is -3.12. The number of thiol groups is 1. The molecule has 0 saturated carbocycles. The van der Waals surface area contributed by atoms with E-state index >= 15 is 0 Å². The van der Waals surface area contributed by atoms with Crippen LogP contribution in [0.3, 0.4) is 0 Å². The average molecular weight is 377 g/mol. The van der Waals surface area contributed by atoms with Crippen LogP contribution >= 0.6 is 20.5 Å². The number of ether oxygens (including phenoxy) is 1. The highest BCUT2D eigenvalue weighted by Crippen LogP contribution is 2.44. The molecule has 2 aromatic heterocycles. The molecule has 0 amide bonds. The number of anilines is 1. The van der Waals surface area contributed by atoms with Gasteiger partial charge < -0.3 is 25.4 Å². The molecule has 1 aliphatic heterocycles. The maximum absolute atomic E-state index is 11.1. The van der Waals surface area contributed by atoms with Crippen molar-refractivity contribution >= 4 is 37.4 Å². The van der Waals surface area contributed by atoms with Crippen LogP contribution in [0.5, 0.6) is 0 Å². The van der Waals surface area contributed by atoms with Gasteiger partial charge in [0.05, 0.1) is 12.4 Å². The Balaban J connectivity index is 2.00. The summed E-state index contributed by atoms with van der Waals surface area (Å²) in [6.45, 7) is 1.65. The number of aromatic nitrogens is 4. The van der Waals surface area contributed by atoms with Crippen LogP contribution in [-0.2, 0) is 13.8 Å². The Hall–Kier alpha value is -1.27. The molecule has 0 bridgehead atoms. The quantitative estimate of drug-likeness (QED) is 0.342. The van der Waals surface area contributed by atoms with Gasteiger partial charge in [0, 0.05) is 5.75 Å². The maximum atomic E-state index is 11.1. The minimum absolute atomic E-state index is 0.0843. The summed E-state index contributed by atoms with van der Waals surface area (Å²) in [6, 6.07) is 0. The van der Waals surface area contributed by atoms with E-state index in [0.29, 0.717) is 17.0 Å². The zero-order valence-corrected chi connectivity index (χ0v) is 14.2. The smallest absolute Gasteiger partial charge is 0.386 e. The number of aliphatic hydroxyl groups is 1. The molecule has 0 spiro atoms. The van der Waals surface area contributed by atoms with Gasteiger partial charge in [-0.25, -0.2) is 19.5 Å². The lowest BCUT2D eigenvalue weighted by Crippen LogP contribution is -2.34. The maximum Gasteiger partial charge on any atom is 0.470 e. The Labute approximate surface area is 141 Å². The van der Waals surface area contributed by atoms with Crippen LogP contribution in [0.15, 0.2) is 6.33 Å². The third-order valence-corrected chi connectivity index (χ3v) is 4.46. The van der Waals surface area contributed by atoms with E-state index in [1.807, 2.05) is 0 Å². The number of imidazole rings is 1. The zero-order valence-electron chi connectivity index (χ0n) is 12.4. The number of rotatable bonds is 4. The Morgan fingerprint density at radius 3 is 2.83 bits per heavy atom. The molecule has 3 heterocycles. The Morgan fingerprint density at radius 2 is 2.21 bits per heavy atom. The highest BCUT2D eigenvalue weighted by molar-refractivity contribution is 7.80. The molecular weight excluding hydrogens is 361 g/mol. The van der Waals surface area contributed by atoms with E-state index in [-0.39, 0.29) is 11.6 Å². The number of nitrogens with zero attached hydrogens (tertiary/aromatic N) is 4. The van der Waals surface area contributed by atoms with Gasteiger partial charge >= 0.3 is 7.82 Å². The number of hydrogen-bond acceptors (Lipinski definition) is 9. The van der Waals surface area contributed by atoms with Crippen molar-refractivity contribution in [3.05, 3.63) is 12.2 Å². The molecule has 1 aliphatic rings. The predicted molar refractivity (Wildman–Crippen MR) is 85.2 cm³/mol. The Kier molecular flexibility index (Phi) is 4.55. The largest absolute Gasteiger partial charge is 0.470 e. The van der Waals surface area contributed by atoms with Gasteiger partial charge in [-0.05, 0) is 6.92 Å². The first-order valence-electron chi connectivity index (χ1n) is 6.86. The number of aryl methyl sites for hydroxylation is 1. The van der Waals surface area contributed by atoms with Crippen molar-refractivity contribution in [1.82, 2.24) is 19.5 Å². The molecule has 13 heteroatoms. The van der Waals surface area contributed by atoms with Gasteiger partial charge in [-0.1, -0.05) is 0 Å². The topological polar surface area (TPSA) is 166 Å². The normalized spacial score (nSPS) is 27.9. The van der Waals surface area contributed by atoms with Gasteiger partial charge in [0.2, 0.25) is 0 Å². The van der Waals surface area contributed by atoms with Crippen molar-refractivity contribution in [3.8, 4) is 0 Å². The van der Waals surface area contributed by atoms with Crippen LogP contribution in [0.4, 0.5) is 5.82 Å². The number of phosphoric ester groups is 1. The standard InChI is InChI=1S/C11H16N5O6PS/c1-4-14-9(12)6-10(15-4)16(3-13-6)11-7(17)8(5(2-24)21-11)22-23(18,19)20/h3,5,7-8,11,17,24H,2H2,1H3,(H2,12,14,15)(H2,18,19,20)/t5-,7-,8-,11-/m1/s1. The van der Waals surface area contributed by atoms with Crippen molar-refractivity contribution in [1.29, 1.82) is 0 Å². The van der Waals surface area contributed by atoms with Gasteiger partial charge in [0.1, 0.15) is 23.5 Å². The number of nitrogen functional groups attached to an aromatic ring is 1. The van der Waals surface area contributed by atoms with Crippen LogP contribution < -0.4 is 5.73 Å². The SMILES string of the molecule is Cc1nc(N)c2ncn([C@@H]3O[C@H](CS)[C@@H](OP(=O)(O)O)[C@H]3O)c2n1. The summed E-state index contributed by atoms with van der Waals surface area (Å²) in [5.41, 5.74) is 6.46. The summed E-state index contributed by atoms with van der Waals surface area (Å²) in [5, 5.41) is 10.4. The Morgan fingerprint density at radius 1 is 1.50 bits per heavy atom. The molecule has 0 unspecified atom stereocenters. The van der Waals surface area contributed by atoms with E-state index < -0.39 is 32.4 Å². The Bertz CT molecular complexity index is 812. The lowest BCUT2D eigenvalue weighted by atomic mass is 10.1. The number of aliphatic hydroxyl groups excluding tert-OH is 1. The van der Waals surface area contributed by atoms with Crippen LogP contribution in [0.2, 0.25) is 0 Å². The number of phosphoric acid groups is 1. The molecular formula is C11H16N5O6PS. The first kappa shape index (κ1) is 17.5. The molecule has 132 valence electrons. The number of fused-ring (bicyclic) bond motifs is 1. The summed E-state index contributed by atoms with van der Waals surface area (Å²) in [7, 11) is -4.81. The number of hydrogen-bond donors (Lipinski definition) is 5. The third-order valence-electron chi connectivity index (χ3n) is 3.58. The molecule has 3 rings (SSSR count). The summed E-state index contributed by atoms with van der Waals surface area (Å²) in [4.78, 5) is 30.4. The van der Waals surface area contributed by atoms with E-state index in [1.165, 1.54) is 10.9 Å². The van der Waals surface area contributed by atoms with Crippen molar-refractivity contribution in [2.24, 2.45) is 0 Å². The monoisotopic (exact) mass is 377 g/mol. The molecule has 24 heavy (non-hydrogen) atoms. The summed E-state index contributed by atoms with van der Waals surface area (Å²) in [5.74, 6) is 0.668. The second-order valence-corrected chi connectivity index (χ2v) is 6.84. The van der Waals surface area contributed by atoms with E-state index in [4.69, 9.17) is 20.3 Å². The fraction of sp³-hybridized carbons (Fsp3) is 0.545. The second kappa shape index (κ2) is 6.23. The molecule has 5 N–H and O–H groups in total. The van der Waals surface area contributed by atoms with E-state index in [1.54, 1.807) is 6.92 Å². The molecule has 4 atom stereocenters. The predicted octanol–water partition coefficient (Wildman–Crippen LogP) is -0.617. The average Bonchev–Trinajstić information content (AvgIpc) is 3.00. The van der Waals surface area contributed by atoms with Gasteiger partial charge in [0.15, 0.2) is 17.7 Å². The molecule has 1 fully saturated rings. The first-order valence-corrected chi connectivity index (χ1v) is 9.02. The van der Waals surface area contributed by atoms with Gasteiger partial charge in [0.25, 0.3) is 0 Å². The molecule has 0 aromatic carbocycles. The summed E-state index contributed by atoms with van der Waals surface area (Å²) >= 11 is 4.07. The van der Waals surface area contributed by atoms with E-state index in [9.17, 15) is 9.67 Å². The van der Waals surface area contributed by atoms with Crippen molar-refractivity contribution < 1.29 is 28.7 Å². The van der Waals surface area contributed by atoms with Gasteiger partial charge in [-0.2, -0.15) is 12.6 Å². The third kappa shape index (κ3) is 3.14. The molecule has 0 radical (unpaired) electrons. The minimum atomic E-state index is -4.81. The second-order valence-electron chi connectivity index (χ2n) is 5.28. The number of nitrogens with two attached hydrogens (primary N) is 1. The zero-order chi connectivity index (χ0) is 17.6. The van der Waals surface area contributed by atoms with Gasteiger partial charge in [-0.15, -0.1) is 0 Å². The molecule has 0 aliphatic carbocycles. The van der Waals surface area contributed by atoms with Crippen LogP contribution in [-0.4, -0.2) is 58.5 Å². The van der Waals surface area contributed by atoms with E-state index in [2.05, 4.69) is 32.1 Å². The highest BCUT2D eigenvalue weighted by atomic mass is 32.1. The van der Waals surface area contributed by atoms with Gasteiger partial charge in [-0.3, -0.25) is 9.09 Å². The lowest BCUT2D eigenvalue weighted by Gasteiger charge is -2.20. The molecule has 1 saturated heterocycles. The van der Waals surface area contributed by atoms with Crippen LogP contribution in [0, 0.1) is 6.92 Å². The lowest BCUT2D eigenvalue weighted by molar-refractivity contribution is -0.0288. The van der Waals surface area contributed by atoms with Crippen molar-refractivity contribution in [2.45, 2.75) is 31.5 Å². The van der Waals surface area contributed by atoms with E-state index in [0.717, 1.165) is 0 Å². The van der Waals surface area contributed by atoms with Crippen LogP contribution in [0.25, 0.3) is 11.2 Å². The highest BCUT2D eigenvalue weighted by Gasteiger charge is 2.48. The van der Waals surface area contributed by atoms with Crippen molar-refractivity contribution in [3.63, 3.8) is 0 Å². The molecule has 2 aromatic rings. The van der Waals surface area contributed by atoms with Crippen LogP contribution in [0.1, 0.15) is 12.1 Å². The van der Waals surface area contributed by atoms with Crippen molar-refractivity contribution in [2.75, 3.05) is 11.5 Å². The fourth-order valence-corrected chi connectivity index (χ4v) is 3.49. The summed E-state index contributed by atoms with van der Waals surface area (Å²) < 4.78 is 22.8. The first-order chi connectivity index (χ1) is 11.2.